The van der Waals surface area contributed by atoms with Gasteiger partial charge in [0.05, 0.1) is 0 Å². The quantitative estimate of drug-likeness (QED) is 0.424. The van der Waals surface area contributed by atoms with Crippen LogP contribution in [0.3, 0.4) is 0 Å². The molecule has 0 unspecified atom stereocenters. The van der Waals surface area contributed by atoms with Gasteiger partial charge in [0, 0.05) is 6.04 Å². The molecule has 1 aliphatic carbocycles. The highest BCUT2D eigenvalue weighted by atomic mass is 16.6. The van der Waals surface area contributed by atoms with Crippen molar-refractivity contribution in [3.05, 3.63) is 0 Å². The molecule has 3 aliphatic rings. The molecule has 4 heteroatoms. The summed E-state index contributed by atoms with van der Waals surface area (Å²) < 4.78 is 4.66. The van der Waals surface area contributed by atoms with E-state index >= 15 is 0 Å². The minimum absolute atomic E-state index is 0.116. The second-order valence-corrected chi connectivity index (χ2v) is 4.03. The number of morpholine rings is 1. The number of nitrogens with zero attached hydrogens (tertiary/aromatic N) is 1. The molecule has 13 heavy (non-hydrogen) atoms. The lowest BCUT2D eigenvalue weighted by Gasteiger charge is -2.31. The minimum atomic E-state index is -0.328. The Bertz CT molecular complexity index is 263. The zero-order valence-electron chi connectivity index (χ0n) is 7.23. The summed E-state index contributed by atoms with van der Waals surface area (Å²) in [7, 11) is 0. The van der Waals surface area contributed by atoms with Crippen LogP contribution in [-0.2, 0) is 14.3 Å². The normalized spacial score (nSPS) is 39.4. The van der Waals surface area contributed by atoms with E-state index in [1.54, 1.807) is 0 Å². The number of ether oxygens (including phenoxy) is 1. The molecule has 0 aromatic rings. The average Bonchev–Trinajstić information content (AvgIpc) is 2.84. The zero-order chi connectivity index (χ0) is 9.00. The fraction of sp³-hybridized carbons (Fsp3) is 0.778. The van der Waals surface area contributed by atoms with E-state index in [1.807, 2.05) is 0 Å². The lowest BCUT2D eigenvalue weighted by atomic mass is 10.2. The number of fused-ring (bicyclic) bond motifs is 2. The Balaban J connectivity index is 1.94. The predicted molar refractivity (Wildman–Crippen MR) is 42.8 cm³/mol. The fourth-order valence-electron chi connectivity index (χ4n) is 2.43. The van der Waals surface area contributed by atoms with E-state index in [4.69, 9.17) is 0 Å². The molecule has 2 atom stereocenters. The van der Waals surface area contributed by atoms with Crippen molar-refractivity contribution in [3.8, 4) is 0 Å². The van der Waals surface area contributed by atoms with Crippen molar-refractivity contribution in [2.75, 3.05) is 0 Å². The van der Waals surface area contributed by atoms with Crippen LogP contribution in [0.5, 0.6) is 0 Å². The molecule has 3 rings (SSSR count). The van der Waals surface area contributed by atoms with Gasteiger partial charge in [0.2, 0.25) is 0 Å². The zero-order valence-corrected chi connectivity index (χ0v) is 7.23. The maximum Gasteiger partial charge on any atom is 0.331 e. The van der Waals surface area contributed by atoms with E-state index in [0.29, 0.717) is 6.04 Å². The maximum atomic E-state index is 11.3. The second-order valence-electron chi connectivity index (χ2n) is 4.03. The van der Waals surface area contributed by atoms with Gasteiger partial charge in [-0.2, -0.15) is 0 Å². The Labute approximate surface area is 75.8 Å². The van der Waals surface area contributed by atoms with E-state index in [0.717, 1.165) is 25.7 Å². The Kier molecular flexibility index (Phi) is 1.34. The Morgan fingerprint density at radius 3 is 2.00 bits per heavy atom. The van der Waals surface area contributed by atoms with Crippen LogP contribution in [0.1, 0.15) is 25.7 Å². The molecule has 0 N–H and O–H groups in total. The van der Waals surface area contributed by atoms with Gasteiger partial charge in [0.25, 0.3) is 0 Å². The van der Waals surface area contributed by atoms with Crippen LogP contribution in [0, 0.1) is 0 Å². The van der Waals surface area contributed by atoms with E-state index in [-0.39, 0.29) is 24.0 Å². The summed E-state index contributed by atoms with van der Waals surface area (Å²) in [5.41, 5.74) is 0. The third kappa shape index (κ3) is 0.950. The molecular formula is C9H11NO3. The first-order valence-corrected chi connectivity index (χ1v) is 4.80. The van der Waals surface area contributed by atoms with Gasteiger partial charge in [-0.15, -0.1) is 0 Å². The Morgan fingerprint density at radius 2 is 1.54 bits per heavy atom. The molecule has 0 aromatic carbocycles. The standard InChI is InChI=1S/C9H11NO3/c11-8-6-3-4-7(9(12)13-8)10(6)5-1-2-5/h5-7H,1-4H2/t6-,7-/m1/s1. The van der Waals surface area contributed by atoms with Gasteiger partial charge in [0.1, 0.15) is 12.1 Å². The summed E-state index contributed by atoms with van der Waals surface area (Å²) in [5.74, 6) is -0.656. The molecule has 2 bridgehead atoms. The summed E-state index contributed by atoms with van der Waals surface area (Å²) >= 11 is 0. The first-order valence-electron chi connectivity index (χ1n) is 4.80. The fourth-order valence-corrected chi connectivity index (χ4v) is 2.43. The smallest absolute Gasteiger partial charge is 0.331 e. The number of esters is 2. The van der Waals surface area contributed by atoms with Crippen molar-refractivity contribution in [1.29, 1.82) is 0 Å². The SMILES string of the molecule is O=C1OC(=O)[C@H]2CC[C@H]1N2C1CC1. The summed E-state index contributed by atoms with van der Waals surface area (Å²) in [5, 5.41) is 0. The van der Waals surface area contributed by atoms with Crippen LogP contribution in [-0.4, -0.2) is 35.0 Å². The summed E-state index contributed by atoms with van der Waals surface area (Å²) in [4.78, 5) is 24.7. The summed E-state index contributed by atoms with van der Waals surface area (Å²) in [6.07, 6.45) is 3.86. The summed E-state index contributed by atoms with van der Waals surface area (Å²) in [6.45, 7) is 0. The molecule has 0 spiro atoms. The molecule has 3 fully saturated rings. The highest BCUT2D eigenvalue weighted by molar-refractivity contribution is 5.95. The first-order chi connectivity index (χ1) is 6.27. The van der Waals surface area contributed by atoms with Crippen LogP contribution in [0.25, 0.3) is 0 Å². The number of hydrogen-bond donors (Lipinski definition) is 0. The lowest BCUT2D eigenvalue weighted by Crippen LogP contribution is -2.52. The van der Waals surface area contributed by atoms with Crippen molar-refractivity contribution in [2.24, 2.45) is 0 Å². The predicted octanol–water partition coefficient (Wildman–Crippen LogP) is 0.0652. The highest BCUT2D eigenvalue weighted by Gasteiger charge is 2.53. The van der Waals surface area contributed by atoms with Crippen molar-refractivity contribution in [2.45, 2.75) is 43.8 Å². The van der Waals surface area contributed by atoms with Crippen molar-refractivity contribution in [3.63, 3.8) is 0 Å². The van der Waals surface area contributed by atoms with Crippen molar-refractivity contribution < 1.29 is 14.3 Å². The Hall–Kier alpha value is -0.900. The third-order valence-corrected chi connectivity index (χ3v) is 3.15. The first kappa shape index (κ1) is 7.50. The highest BCUT2D eigenvalue weighted by Crippen LogP contribution is 2.39. The second kappa shape index (κ2) is 2.32. The maximum absolute atomic E-state index is 11.3. The average molecular weight is 181 g/mol. The van der Waals surface area contributed by atoms with Gasteiger partial charge < -0.3 is 4.74 Å². The monoisotopic (exact) mass is 181 g/mol. The Morgan fingerprint density at radius 1 is 1.00 bits per heavy atom. The summed E-state index contributed by atoms with van der Waals surface area (Å²) in [6, 6.07) is 0.250. The van der Waals surface area contributed by atoms with Gasteiger partial charge in [-0.05, 0) is 25.7 Å². The molecule has 2 aliphatic heterocycles. The molecule has 2 heterocycles. The van der Waals surface area contributed by atoms with Crippen molar-refractivity contribution in [1.82, 2.24) is 4.90 Å². The van der Waals surface area contributed by atoms with Crippen LogP contribution in [0.4, 0.5) is 0 Å². The topological polar surface area (TPSA) is 46.6 Å². The van der Waals surface area contributed by atoms with Crippen LogP contribution in [0.2, 0.25) is 0 Å². The van der Waals surface area contributed by atoms with Gasteiger partial charge in [0.15, 0.2) is 0 Å². The molecule has 70 valence electrons. The van der Waals surface area contributed by atoms with E-state index in [9.17, 15) is 9.59 Å². The molecule has 0 aromatic heterocycles. The van der Waals surface area contributed by atoms with Gasteiger partial charge in [-0.25, -0.2) is 9.59 Å². The number of hydrogen-bond acceptors (Lipinski definition) is 4. The van der Waals surface area contributed by atoms with Crippen LogP contribution in [0.15, 0.2) is 0 Å². The molecular weight excluding hydrogens is 170 g/mol. The number of rotatable bonds is 1. The molecule has 0 amide bonds. The molecule has 2 saturated heterocycles. The van der Waals surface area contributed by atoms with Crippen molar-refractivity contribution >= 4 is 11.9 Å². The van der Waals surface area contributed by atoms with Gasteiger partial charge in [-0.1, -0.05) is 0 Å². The number of carbonyl (C=O) groups is 2. The largest absolute Gasteiger partial charge is 0.391 e. The third-order valence-electron chi connectivity index (χ3n) is 3.15. The number of cyclic esters (lactones) is 2. The van der Waals surface area contributed by atoms with E-state index < -0.39 is 0 Å². The molecule has 4 nitrogen and oxygen atoms in total. The van der Waals surface area contributed by atoms with Crippen LogP contribution >= 0.6 is 0 Å². The lowest BCUT2D eigenvalue weighted by molar-refractivity contribution is -0.173. The molecule has 0 radical (unpaired) electrons. The minimum Gasteiger partial charge on any atom is -0.391 e. The van der Waals surface area contributed by atoms with Crippen LogP contribution < -0.4 is 0 Å². The van der Waals surface area contributed by atoms with Gasteiger partial charge >= 0.3 is 11.9 Å². The molecule has 1 saturated carbocycles. The van der Waals surface area contributed by atoms with Gasteiger partial charge in [-0.3, -0.25) is 4.90 Å². The number of carbonyl (C=O) groups excluding carboxylic acids is 2. The van der Waals surface area contributed by atoms with E-state index in [1.165, 1.54) is 0 Å². The van der Waals surface area contributed by atoms with E-state index in [2.05, 4.69) is 9.64 Å².